The van der Waals surface area contributed by atoms with Crippen molar-refractivity contribution in [2.24, 2.45) is 0 Å². The molecule has 2 aromatic carbocycles. The van der Waals surface area contributed by atoms with Gasteiger partial charge in [0.2, 0.25) is 0 Å². The molecule has 0 saturated heterocycles. The van der Waals surface area contributed by atoms with Gasteiger partial charge in [-0.25, -0.2) is 0 Å². The highest BCUT2D eigenvalue weighted by Gasteiger charge is 2.14. The number of unbranched alkanes of at least 4 members (excludes halogenated alkanes) is 1. The summed E-state index contributed by atoms with van der Waals surface area (Å²) in [7, 11) is 0. The Hall–Kier alpha value is -2.29. The Morgan fingerprint density at radius 1 is 0.952 bits per heavy atom. The molecule has 2 rings (SSSR count). The maximum Gasteiger partial charge on any atom is 0.325 e. The van der Waals surface area contributed by atoms with Crippen LogP contribution in [0.1, 0.15) is 19.8 Å². The number of para-hydroxylation sites is 2. The number of anilines is 2. The van der Waals surface area contributed by atoms with Crippen LogP contribution in [0.2, 0.25) is 0 Å². The van der Waals surface area contributed by atoms with Crippen molar-refractivity contribution in [2.75, 3.05) is 18.1 Å². The van der Waals surface area contributed by atoms with Crippen molar-refractivity contribution in [2.45, 2.75) is 19.8 Å². The molecule has 0 aliphatic carbocycles. The van der Waals surface area contributed by atoms with Crippen molar-refractivity contribution in [3.63, 3.8) is 0 Å². The zero-order valence-electron chi connectivity index (χ0n) is 12.4. The van der Waals surface area contributed by atoms with Gasteiger partial charge >= 0.3 is 5.97 Å². The lowest BCUT2D eigenvalue weighted by Crippen LogP contribution is -2.27. The van der Waals surface area contributed by atoms with E-state index in [-0.39, 0.29) is 12.5 Å². The van der Waals surface area contributed by atoms with Crippen molar-refractivity contribution in [3.05, 3.63) is 60.7 Å². The van der Waals surface area contributed by atoms with E-state index >= 15 is 0 Å². The molecular weight excluding hydrogens is 262 g/mol. The summed E-state index contributed by atoms with van der Waals surface area (Å²) in [6, 6.07) is 19.8. The minimum absolute atomic E-state index is 0.198. The Bertz CT molecular complexity index is 500. The van der Waals surface area contributed by atoms with E-state index in [1.54, 1.807) is 0 Å². The molecule has 3 heteroatoms. The first kappa shape index (κ1) is 15.1. The van der Waals surface area contributed by atoms with Gasteiger partial charge in [-0.15, -0.1) is 0 Å². The summed E-state index contributed by atoms with van der Waals surface area (Å²) in [5.41, 5.74) is 1.97. The van der Waals surface area contributed by atoms with Gasteiger partial charge in [0.1, 0.15) is 6.54 Å². The highest BCUT2D eigenvalue weighted by atomic mass is 16.5. The van der Waals surface area contributed by atoms with Crippen molar-refractivity contribution in [3.8, 4) is 0 Å². The van der Waals surface area contributed by atoms with Gasteiger partial charge in [0.15, 0.2) is 0 Å². The third-order valence-electron chi connectivity index (χ3n) is 3.18. The standard InChI is InChI=1S/C18H21NO2/c1-2-3-14-21-18(20)15-19(16-10-6-4-7-11-16)17-12-8-5-9-13-17/h4-13H,2-3,14-15H2,1H3. The molecule has 0 unspecified atom stereocenters. The molecule has 2 aromatic rings. The number of rotatable bonds is 7. The summed E-state index contributed by atoms with van der Waals surface area (Å²) in [4.78, 5) is 14.0. The van der Waals surface area contributed by atoms with Gasteiger partial charge in [-0.2, -0.15) is 0 Å². The molecule has 0 amide bonds. The first-order valence-electron chi connectivity index (χ1n) is 7.34. The zero-order chi connectivity index (χ0) is 14.9. The van der Waals surface area contributed by atoms with Crippen LogP contribution in [0.15, 0.2) is 60.7 Å². The highest BCUT2D eigenvalue weighted by Crippen LogP contribution is 2.24. The highest BCUT2D eigenvalue weighted by molar-refractivity contribution is 5.80. The van der Waals surface area contributed by atoms with Gasteiger partial charge in [-0.3, -0.25) is 4.79 Å². The molecule has 0 N–H and O–H groups in total. The maximum atomic E-state index is 12.0. The average molecular weight is 283 g/mol. The lowest BCUT2D eigenvalue weighted by Gasteiger charge is -2.24. The van der Waals surface area contributed by atoms with Crippen molar-refractivity contribution >= 4 is 17.3 Å². The molecule has 0 atom stereocenters. The first-order chi connectivity index (χ1) is 10.3. The lowest BCUT2D eigenvalue weighted by molar-refractivity contribution is -0.141. The van der Waals surface area contributed by atoms with Crippen LogP contribution in [0.3, 0.4) is 0 Å². The monoisotopic (exact) mass is 283 g/mol. The van der Waals surface area contributed by atoms with Gasteiger partial charge in [-0.05, 0) is 30.7 Å². The molecule has 0 saturated carbocycles. The van der Waals surface area contributed by atoms with Crippen LogP contribution < -0.4 is 4.90 Å². The average Bonchev–Trinajstić information content (AvgIpc) is 2.54. The molecule has 0 bridgehead atoms. The van der Waals surface area contributed by atoms with E-state index in [1.807, 2.05) is 65.6 Å². The number of nitrogens with zero attached hydrogens (tertiary/aromatic N) is 1. The number of ether oxygens (including phenoxy) is 1. The first-order valence-corrected chi connectivity index (χ1v) is 7.34. The third kappa shape index (κ3) is 4.63. The zero-order valence-corrected chi connectivity index (χ0v) is 12.4. The fourth-order valence-electron chi connectivity index (χ4n) is 2.05. The summed E-state index contributed by atoms with van der Waals surface area (Å²) in [5.74, 6) is -0.198. The fraction of sp³-hybridized carbons (Fsp3) is 0.278. The number of hydrogen-bond donors (Lipinski definition) is 0. The summed E-state index contributed by atoms with van der Waals surface area (Å²) >= 11 is 0. The van der Waals surface area contributed by atoms with E-state index in [1.165, 1.54) is 0 Å². The Balaban J connectivity index is 2.12. The van der Waals surface area contributed by atoms with Crippen LogP contribution in [-0.4, -0.2) is 19.1 Å². The van der Waals surface area contributed by atoms with Gasteiger partial charge in [0.25, 0.3) is 0 Å². The second kappa shape index (κ2) is 8.10. The van der Waals surface area contributed by atoms with Crippen LogP contribution >= 0.6 is 0 Å². The van der Waals surface area contributed by atoms with Gasteiger partial charge in [0.05, 0.1) is 6.61 Å². The van der Waals surface area contributed by atoms with Crippen molar-refractivity contribution < 1.29 is 9.53 Å². The topological polar surface area (TPSA) is 29.5 Å². The van der Waals surface area contributed by atoms with Gasteiger partial charge < -0.3 is 9.64 Å². The molecule has 0 fully saturated rings. The molecule has 0 aliphatic rings. The summed E-state index contributed by atoms with van der Waals surface area (Å²) in [5, 5.41) is 0. The van der Waals surface area contributed by atoms with Crippen LogP contribution in [-0.2, 0) is 9.53 Å². The second-order valence-electron chi connectivity index (χ2n) is 4.83. The molecule has 3 nitrogen and oxygen atoms in total. The minimum Gasteiger partial charge on any atom is -0.464 e. The molecule has 21 heavy (non-hydrogen) atoms. The molecule has 0 heterocycles. The number of esters is 1. The Morgan fingerprint density at radius 3 is 1.95 bits per heavy atom. The van der Waals surface area contributed by atoms with E-state index in [0.717, 1.165) is 24.2 Å². The van der Waals surface area contributed by atoms with E-state index < -0.39 is 0 Å². The largest absolute Gasteiger partial charge is 0.464 e. The van der Waals surface area contributed by atoms with Crippen LogP contribution in [0.5, 0.6) is 0 Å². The quantitative estimate of drug-likeness (QED) is 0.564. The Labute approximate surface area is 126 Å². The summed E-state index contributed by atoms with van der Waals surface area (Å²) in [6.45, 7) is 2.79. The van der Waals surface area contributed by atoms with E-state index in [9.17, 15) is 4.79 Å². The Morgan fingerprint density at radius 2 is 1.48 bits per heavy atom. The predicted octanol–water partition coefficient (Wildman–Crippen LogP) is 4.17. The number of carbonyl (C=O) groups excluding carboxylic acids is 1. The number of hydrogen-bond acceptors (Lipinski definition) is 3. The van der Waals surface area contributed by atoms with Crippen LogP contribution in [0, 0.1) is 0 Å². The number of carbonyl (C=O) groups is 1. The second-order valence-corrected chi connectivity index (χ2v) is 4.83. The van der Waals surface area contributed by atoms with Gasteiger partial charge in [-0.1, -0.05) is 49.7 Å². The number of benzene rings is 2. The molecule has 0 radical (unpaired) electrons. The lowest BCUT2D eigenvalue weighted by atomic mass is 10.2. The van der Waals surface area contributed by atoms with Crippen LogP contribution in [0.4, 0.5) is 11.4 Å². The molecular formula is C18H21NO2. The van der Waals surface area contributed by atoms with Crippen molar-refractivity contribution in [1.29, 1.82) is 0 Å². The smallest absolute Gasteiger partial charge is 0.325 e. The normalized spacial score (nSPS) is 10.1. The predicted molar refractivity (Wildman–Crippen MR) is 85.8 cm³/mol. The molecule has 0 aromatic heterocycles. The van der Waals surface area contributed by atoms with Gasteiger partial charge in [0, 0.05) is 11.4 Å². The Kier molecular flexibility index (Phi) is 5.83. The summed E-state index contributed by atoms with van der Waals surface area (Å²) < 4.78 is 5.28. The molecule has 0 aliphatic heterocycles. The fourth-order valence-corrected chi connectivity index (χ4v) is 2.05. The molecule has 110 valence electrons. The van der Waals surface area contributed by atoms with Crippen molar-refractivity contribution in [1.82, 2.24) is 0 Å². The van der Waals surface area contributed by atoms with Crippen LogP contribution in [0.25, 0.3) is 0 Å². The molecule has 0 spiro atoms. The van der Waals surface area contributed by atoms with E-state index in [4.69, 9.17) is 4.74 Å². The minimum atomic E-state index is -0.198. The van der Waals surface area contributed by atoms with E-state index in [0.29, 0.717) is 6.61 Å². The summed E-state index contributed by atoms with van der Waals surface area (Å²) in [6.07, 6.45) is 1.93. The maximum absolute atomic E-state index is 12.0. The van der Waals surface area contributed by atoms with E-state index in [2.05, 4.69) is 6.92 Å². The SMILES string of the molecule is CCCCOC(=O)CN(c1ccccc1)c1ccccc1. The third-order valence-corrected chi connectivity index (χ3v) is 3.18.